The van der Waals surface area contributed by atoms with Gasteiger partial charge < -0.3 is 4.90 Å². The quantitative estimate of drug-likeness (QED) is 0.911. The van der Waals surface area contributed by atoms with E-state index in [4.69, 9.17) is 0 Å². The van der Waals surface area contributed by atoms with Crippen molar-refractivity contribution >= 4 is 21.6 Å². The summed E-state index contributed by atoms with van der Waals surface area (Å²) in [5.41, 5.74) is 1.02. The lowest BCUT2D eigenvalue weighted by Gasteiger charge is -2.31. The predicted octanol–water partition coefficient (Wildman–Crippen LogP) is 3.36. The Morgan fingerprint density at radius 3 is 2.40 bits per heavy atom. The summed E-state index contributed by atoms with van der Waals surface area (Å²) in [6.07, 6.45) is 2.19. The van der Waals surface area contributed by atoms with Gasteiger partial charge >= 0.3 is 0 Å². The van der Waals surface area contributed by atoms with Crippen LogP contribution in [0.4, 0.5) is 5.69 Å². The van der Waals surface area contributed by atoms with Crippen molar-refractivity contribution in [1.82, 2.24) is 4.90 Å². The lowest BCUT2D eigenvalue weighted by Crippen LogP contribution is -2.39. The summed E-state index contributed by atoms with van der Waals surface area (Å²) in [6, 6.07) is 14.8. The van der Waals surface area contributed by atoms with E-state index >= 15 is 0 Å². The molecule has 0 bridgehead atoms. The zero-order valence-corrected chi connectivity index (χ0v) is 15.0. The normalized spacial score (nSPS) is 18.0. The van der Waals surface area contributed by atoms with Gasteiger partial charge in [0.15, 0.2) is 0 Å². The topological polar surface area (TPSA) is 66.5 Å². The van der Waals surface area contributed by atoms with Crippen LogP contribution < -0.4 is 4.72 Å². The maximum atomic E-state index is 12.6. The zero-order valence-electron chi connectivity index (χ0n) is 14.2. The molecule has 1 aliphatic heterocycles. The fourth-order valence-corrected chi connectivity index (χ4v) is 4.13. The summed E-state index contributed by atoms with van der Waals surface area (Å²) in [5.74, 6) is 0.527. The van der Waals surface area contributed by atoms with Gasteiger partial charge in [-0.2, -0.15) is 0 Å². The molecule has 1 saturated heterocycles. The van der Waals surface area contributed by atoms with Gasteiger partial charge in [-0.05, 0) is 55.2 Å². The van der Waals surface area contributed by atoms with Gasteiger partial charge in [0.05, 0.1) is 4.90 Å². The number of hydrogen-bond acceptors (Lipinski definition) is 3. The predicted molar refractivity (Wildman–Crippen MR) is 98.0 cm³/mol. The van der Waals surface area contributed by atoms with E-state index in [9.17, 15) is 13.2 Å². The standard InChI is InChI=1S/C19H22N2O3S/c1-15-6-5-13-21(14-15)19(22)16-9-11-17(12-10-16)20-25(23,24)18-7-3-2-4-8-18/h2-4,7-12,15,20H,5-6,13-14H2,1H3/t15-/m1/s1. The van der Waals surface area contributed by atoms with Crippen molar-refractivity contribution in [2.45, 2.75) is 24.7 Å². The van der Waals surface area contributed by atoms with Crippen molar-refractivity contribution in [2.24, 2.45) is 5.92 Å². The maximum absolute atomic E-state index is 12.6. The molecule has 0 aliphatic carbocycles. The molecule has 1 heterocycles. The van der Waals surface area contributed by atoms with Gasteiger partial charge in [0.1, 0.15) is 0 Å². The molecule has 1 atom stereocenters. The number of sulfonamides is 1. The largest absolute Gasteiger partial charge is 0.338 e. The van der Waals surface area contributed by atoms with Crippen LogP contribution in [0.15, 0.2) is 59.5 Å². The first-order valence-electron chi connectivity index (χ1n) is 8.43. The Balaban J connectivity index is 1.71. The summed E-state index contributed by atoms with van der Waals surface area (Å²) < 4.78 is 27.2. The SMILES string of the molecule is C[C@@H]1CCCN(C(=O)c2ccc(NS(=O)(=O)c3ccccc3)cc2)C1. The Labute approximate surface area is 148 Å². The second-order valence-electron chi connectivity index (χ2n) is 6.49. The first kappa shape index (κ1) is 17.5. The van der Waals surface area contributed by atoms with E-state index in [2.05, 4.69) is 11.6 Å². The molecule has 0 saturated carbocycles. The molecule has 0 aromatic heterocycles. The Bertz CT molecular complexity index is 833. The van der Waals surface area contributed by atoms with Crippen LogP contribution >= 0.6 is 0 Å². The van der Waals surface area contributed by atoms with Gasteiger partial charge in [-0.15, -0.1) is 0 Å². The number of nitrogens with zero attached hydrogens (tertiary/aromatic N) is 1. The Morgan fingerprint density at radius 1 is 1.08 bits per heavy atom. The molecule has 1 aliphatic rings. The van der Waals surface area contributed by atoms with Crippen LogP contribution in [0, 0.1) is 5.92 Å². The first-order valence-corrected chi connectivity index (χ1v) is 9.91. The van der Waals surface area contributed by atoms with Crippen LogP contribution in [-0.4, -0.2) is 32.3 Å². The van der Waals surface area contributed by atoms with E-state index in [1.807, 2.05) is 4.90 Å². The minimum atomic E-state index is -3.62. The second kappa shape index (κ2) is 7.27. The molecule has 25 heavy (non-hydrogen) atoms. The minimum Gasteiger partial charge on any atom is -0.338 e. The number of anilines is 1. The number of nitrogens with one attached hydrogen (secondary N) is 1. The van der Waals surface area contributed by atoms with Gasteiger partial charge in [-0.25, -0.2) is 8.42 Å². The molecule has 2 aromatic rings. The molecular formula is C19H22N2O3S. The molecule has 2 aromatic carbocycles. The molecule has 1 N–H and O–H groups in total. The number of hydrogen-bond donors (Lipinski definition) is 1. The minimum absolute atomic E-state index is 0.00372. The summed E-state index contributed by atoms with van der Waals surface area (Å²) in [7, 11) is -3.62. The van der Waals surface area contributed by atoms with Gasteiger partial charge in [-0.3, -0.25) is 9.52 Å². The van der Waals surface area contributed by atoms with E-state index in [1.165, 1.54) is 12.1 Å². The molecule has 3 rings (SSSR count). The Hall–Kier alpha value is -2.34. The monoisotopic (exact) mass is 358 g/mol. The van der Waals surface area contributed by atoms with Crippen LogP contribution in [0.25, 0.3) is 0 Å². The molecule has 1 fully saturated rings. The highest BCUT2D eigenvalue weighted by molar-refractivity contribution is 7.92. The Kier molecular flexibility index (Phi) is 5.08. The van der Waals surface area contributed by atoms with E-state index in [1.54, 1.807) is 42.5 Å². The van der Waals surface area contributed by atoms with Gasteiger partial charge in [0.2, 0.25) is 0 Å². The smallest absolute Gasteiger partial charge is 0.261 e. The summed E-state index contributed by atoms with van der Waals surface area (Å²) in [6.45, 7) is 3.72. The van der Waals surface area contributed by atoms with Crippen LogP contribution in [0.2, 0.25) is 0 Å². The van der Waals surface area contributed by atoms with Gasteiger partial charge in [0.25, 0.3) is 15.9 Å². The fourth-order valence-electron chi connectivity index (χ4n) is 3.05. The third-order valence-electron chi connectivity index (χ3n) is 4.38. The molecule has 0 radical (unpaired) electrons. The van der Waals surface area contributed by atoms with Crippen LogP contribution in [-0.2, 0) is 10.0 Å². The van der Waals surface area contributed by atoms with Crippen LogP contribution in [0.1, 0.15) is 30.1 Å². The van der Waals surface area contributed by atoms with Gasteiger partial charge in [0, 0.05) is 24.3 Å². The molecule has 132 valence electrons. The third kappa shape index (κ3) is 4.20. The van der Waals surface area contributed by atoms with Crippen molar-refractivity contribution in [3.63, 3.8) is 0 Å². The lowest BCUT2D eigenvalue weighted by molar-refractivity contribution is 0.0683. The zero-order chi connectivity index (χ0) is 17.9. The maximum Gasteiger partial charge on any atom is 0.261 e. The average molecular weight is 358 g/mol. The number of rotatable bonds is 4. The number of amides is 1. The van der Waals surface area contributed by atoms with Gasteiger partial charge in [-0.1, -0.05) is 25.1 Å². The van der Waals surface area contributed by atoms with E-state index in [-0.39, 0.29) is 10.8 Å². The van der Waals surface area contributed by atoms with E-state index in [0.717, 1.165) is 25.9 Å². The lowest BCUT2D eigenvalue weighted by atomic mass is 9.99. The number of carbonyl (C=O) groups is 1. The highest BCUT2D eigenvalue weighted by atomic mass is 32.2. The number of carbonyl (C=O) groups excluding carboxylic acids is 1. The number of likely N-dealkylation sites (tertiary alicyclic amines) is 1. The molecule has 6 heteroatoms. The molecule has 1 amide bonds. The first-order chi connectivity index (χ1) is 12.0. The van der Waals surface area contributed by atoms with Crippen molar-refractivity contribution < 1.29 is 13.2 Å². The van der Waals surface area contributed by atoms with Crippen LogP contribution in [0.5, 0.6) is 0 Å². The molecule has 0 spiro atoms. The van der Waals surface area contributed by atoms with E-state index < -0.39 is 10.0 Å². The van der Waals surface area contributed by atoms with Crippen molar-refractivity contribution in [1.29, 1.82) is 0 Å². The average Bonchev–Trinajstić information content (AvgIpc) is 2.62. The molecule has 5 nitrogen and oxygen atoms in total. The van der Waals surface area contributed by atoms with Crippen molar-refractivity contribution in [3.8, 4) is 0 Å². The third-order valence-corrected chi connectivity index (χ3v) is 5.78. The highest BCUT2D eigenvalue weighted by Gasteiger charge is 2.22. The van der Waals surface area contributed by atoms with Crippen LogP contribution in [0.3, 0.4) is 0 Å². The fraction of sp³-hybridized carbons (Fsp3) is 0.316. The summed E-state index contributed by atoms with van der Waals surface area (Å²) >= 11 is 0. The molecular weight excluding hydrogens is 336 g/mol. The second-order valence-corrected chi connectivity index (χ2v) is 8.18. The van der Waals surface area contributed by atoms with Crippen molar-refractivity contribution in [2.75, 3.05) is 17.8 Å². The van der Waals surface area contributed by atoms with E-state index in [0.29, 0.717) is 17.2 Å². The number of benzene rings is 2. The summed E-state index contributed by atoms with van der Waals surface area (Å²) in [5, 5.41) is 0. The molecule has 0 unspecified atom stereocenters. The number of piperidine rings is 1. The highest BCUT2D eigenvalue weighted by Crippen LogP contribution is 2.20. The summed E-state index contributed by atoms with van der Waals surface area (Å²) in [4.78, 5) is 14.6. The van der Waals surface area contributed by atoms with Crippen molar-refractivity contribution in [3.05, 3.63) is 60.2 Å². The Morgan fingerprint density at radius 2 is 1.76 bits per heavy atom.